The normalized spacial score (nSPS) is 15.4. The molecular weight excluding hydrogens is 540 g/mol. The molecule has 2 aliphatic rings. The number of thioether (sulfide) groups is 1. The summed E-state index contributed by atoms with van der Waals surface area (Å²) in [5.74, 6) is 1.17. The van der Waals surface area contributed by atoms with Crippen LogP contribution in [0.3, 0.4) is 0 Å². The van der Waals surface area contributed by atoms with Gasteiger partial charge in [-0.2, -0.15) is 0 Å². The molecule has 0 atom stereocenters. The van der Waals surface area contributed by atoms with Crippen LogP contribution < -0.4 is 19.5 Å². The summed E-state index contributed by atoms with van der Waals surface area (Å²) in [7, 11) is 0. The number of ether oxygens (including phenoxy) is 3. The van der Waals surface area contributed by atoms with E-state index in [0.717, 1.165) is 27.9 Å². The highest BCUT2D eigenvalue weighted by atomic mass is 35.5. The van der Waals surface area contributed by atoms with E-state index in [9.17, 15) is 14.4 Å². The molecular formula is C29H25ClN2O6S. The smallest absolute Gasteiger partial charge is 0.293 e. The number of rotatable bonds is 8. The Kier molecular flexibility index (Phi) is 7.81. The minimum absolute atomic E-state index is 0.0218. The molecule has 0 bridgehead atoms. The van der Waals surface area contributed by atoms with Crippen LogP contribution in [0.2, 0.25) is 5.02 Å². The number of carbonyl (C=O) groups is 3. The zero-order chi connectivity index (χ0) is 27.5. The average molecular weight is 565 g/mol. The SMILES string of the molecule is CC(C)c1ccccc1NC(=O)COc1ccc(/C=C2/SC(=O)N(Cc3cc4c(cc3Cl)OCO4)C2=O)cc1. The van der Waals surface area contributed by atoms with Gasteiger partial charge in [-0.1, -0.05) is 55.8 Å². The van der Waals surface area contributed by atoms with Gasteiger partial charge in [0, 0.05) is 16.8 Å². The van der Waals surface area contributed by atoms with Crippen LogP contribution in [0.1, 0.15) is 36.5 Å². The molecule has 200 valence electrons. The molecule has 1 N–H and O–H groups in total. The average Bonchev–Trinajstić information content (AvgIpc) is 3.47. The molecule has 10 heteroatoms. The van der Waals surface area contributed by atoms with Crippen molar-refractivity contribution in [3.05, 3.63) is 87.3 Å². The third-order valence-electron chi connectivity index (χ3n) is 6.15. The van der Waals surface area contributed by atoms with E-state index >= 15 is 0 Å². The highest BCUT2D eigenvalue weighted by molar-refractivity contribution is 8.18. The Morgan fingerprint density at radius 1 is 1.10 bits per heavy atom. The first-order chi connectivity index (χ1) is 18.8. The second-order valence-corrected chi connectivity index (χ2v) is 10.6. The number of benzene rings is 3. The summed E-state index contributed by atoms with van der Waals surface area (Å²) < 4.78 is 16.3. The lowest BCUT2D eigenvalue weighted by molar-refractivity contribution is -0.123. The predicted molar refractivity (Wildman–Crippen MR) is 150 cm³/mol. The van der Waals surface area contributed by atoms with Crippen molar-refractivity contribution in [1.29, 1.82) is 0 Å². The minimum atomic E-state index is -0.405. The lowest BCUT2D eigenvalue weighted by Crippen LogP contribution is -2.27. The Labute approximate surface area is 234 Å². The van der Waals surface area contributed by atoms with Crippen molar-refractivity contribution in [3.63, 3.8) is 0 Å². The number of carbonyl (C=O) groups excluding carboxylic acids is 3. The van der Waals surface area contributed by atoms with E-state index in [-0.39, 0.29) is 37.0 Å². The molecule has 0 saturated carbocycles. The predicted octanol–water partition coefficient (Wildman–Crippen LogP) is 6.45. The van der Waals surface area contributed by atoms with E-state index in [4.69, 9.17) is 25.8 Å². The van der Waals surface area contributed by atoms with Gasteiger partial charge in [0.1, 0.15) is 5.75 Å². The number of imide groups is 1. The number of nitrogens with zero attached hydrogens (tertiary/aromatic N) is 1. The standard InChI is InChI=1S/C29H25ClN2O6S/c1-17(2)21-5-3-4-6-23(21)31-27(33)15-36-20-9-7-18(8-10-20)11-26-28(34)32(29(35)39-26)14-19-12-24-25(13-22(19)30)38-16-37-24/h3-13,17H,14-16H2,1-2H3,(H,31,33)/b26-11+. The molecule has 5 rings (SSSR count). The molecule has 0 spiro atoms. The monoisotopic (exact) mass is 564 g/mol. The van der Waals surface area contributed by atoms with E-state index in [1.54, 1.807) is 42.5 Å². The molecule has 2 heterocycles. The molecule has 0 radical (unpaired) electrons. The molecule has 8 nitrogen and oxygen atoms in total. The lowest BCUT2D eigenvalue weighted by Gasteiger charge is -2.14. The van der Waals surface area contributed by atoms with Gasteiger partial charge in [-0.3, -0.25) is 19.3 Å². The summed E-state index contributed by atoms with van der Waals surface area (Å²) in [6.07, 6.45) is 1.64. The fourth-order valence-electron chi connectivity index (χ4n) is 4.15. The lowest BCUT2D eigenvalue weighted by atomic mass is 10.0. The fraction of sp³-hybridized carbons (Fsp3) is 0.207. The maximum Gasteiger partial charge on any atom is 0.293 e. The van der Waals surface area contributed by atoms with Crippen LogP contribution >= 0.6 is 23.4 Å². The largest absolute Gasteiger partial charge is 0.484 e. The van der Waals surface area contributed by atoms with Gasteiger partial charge < -0.3 is 19.5 Å². The Morgan fingerprint density at radius 3 is 2.56 bits per heavy atom. The summed E-state index contributed by atoms with van der Waals surface area (Å²) in [6.45, 7) is 4.11. The molecule has 1 saturated heterocycles. The minimum Gasteiger partial charge on any atom is -0.484 e. The highest BCUT2D eigenvalue weighted by Crippen LogP contribution is 2.39. The number of hydrogen-bond donors (Lipinski definition) is 1. The number of anilines is 1. The summed E-state index contributed by atoms with van der Waals surface area (Å²) in [6, 6.07) is 17.9. The van der Waals surface area contributed by atoms with Crippen LogP contribution in [0.5, 0.6) is 17.2 Å². The van der Waals surface area contributed by atoms with Crippen LogP contribution in [0.4, 0.5) is 10.5 Å². The fourth-order valence-corrected chi connectivity index (χ4v) is 5.20. The number of fused-ring (bicyclic) bond motifs is 1. The van der Waals surface area contributed by atoms with Crippen molar-refractivity contribution in [2.75, 3.05) is 18.7 Å². The van der Waals surface area contributed by atoms with Gasteiger partial charge in [0.25, 0.3) is 17.1 Å². The third kappa shape index (κ3) is 6.05. The zero-order valence-corrected chi connectivity index (χ0v) is 22.8. The number of hydrogen-bond acceptors (Lipinski definition) is 7. The molecule has 3 aromatic carbocycles. The van der Waals surface area contributed by atoms with Crippen molar-refractivity contribution < 1.29 is 28.6 Å². The molecule has 0 aromatic heterocycles. The summed E-state index contributed by atoms with van der Waals surface area (Å²) in [5, 5.41) is 2.90. The molecule has 0 unspecified atom stereocenters. The topological polar surface area (TPSA) is 94.2 Å². The van der Waals surface area contributed by atoms with Gasteiger partial charge in [-0.15, -0.1) is 0 Å². The van der Waals surface area contributed by atoms with Crippen LogP contribution in [-0.2, 0) is 16.1 Å². The van der Waals surface area contributed by atoms with Crippen molar-refractivity contribution in [3.8, 4) is 17.2 Å². The Morgan fingerprint density at radius 2 is 1.82 bits per heavy atom. The molecule has 1 fully saturated rings. The maximum atomic E-state index is 13.0. The van der Waals surface area contributed by atoms with E-state index in [1.165, 1.54) is 0 Å². The van der Waals surface area contributed by atoms with Gasteiger partial charge in [0.15, 0.2) is 18.1 Å². The van der Waals surface area contributed by atoms with Crippen molar-refractivity contribution in [2.24, 2.45) is 0 Å². The summed E-state index contributed by atoms with van der Waals surface area (Å²) >= 11 is 7.19. The first-order valence-corrected chi connectivity index (χ1v) is 13.4. The molecule has 3 amide bonds. The van der Waals surface area contributed by atoms with Crippen molar-refractivity contribution in [2.45, 2.75) is 26.3 Å². The van der Waals surface area contributed by atoms with E-state index in [1.807, 2.05) is 24.3 Å². The van der Waals surface area contributed by atoms with Gasteiger partial charge in [0.05, 0.1) is 11.4 Å². The zero-order valence-electron chi connectivity index (χ0n) is 21.2. The van der Waals surface area contributed by atoms with Gasteiger partial charge >= 0.3 is 0 Å². The summed E-state index contributed by atoms with van der Waals surface area (Å²) in [5.41, 5.74) is 3.12. The Bertz CT molecular complexity index is 1470. The van der Waals surface area contributed by atoms with Crippen LogP contribution in [0.15, 0.2) is 65.6 Å². The Balaban J connectivity index is 1.19. The van der Waals surface area contributed by atoms with E-state index < -0.39 is 5.91 Å². The number of para-hydroxylation sites is 1. The summed E-state index contributed by atoms with van der Waals surface area (Å²) in [4.78, 5) is 39.4. The Hall–Kier alpha value is -3.95. The van der Waals surface area contributed by atoms with Crippen molar-refractivity contribution in [1.82, 2.24) is 4.90 Å². The quantitative estimate of drug-likeness (QED) is 0.314. The van der Waals surface area contributed by atoms with Gasteiger partial charge in [-0.25, -0.2) is 0 Å². The first-order valence-electron chi connectivity index (χ1n) is 12.2. The number of halogens is 1. The highest BCUT2D eigenvalue weighted by Gasteiger charge is 2.35. The van der Waals surface area contributed by atoms with Crippen LogP contribution in [-0.4, -0.2) is 35.4 Å². The van der Waals surface area contributed by atoms with Crippen molar-refractivity contribution >= 4 is 52.2 Å². The number of nitrogens with one attached hydrogen (secondary N) is 1. The first kappa shape index (κ1) is 26.6. The van der Waals surface area contributed by atoms with Crippen LogP contribution in [0, 0.1) is 0 Å². The second kappa shape index (κ2) is 11.4. The second-order valence-electron chi connectivity index (χ2n) is 9.21. The molecule has 2 aliphatic heterocycles. The van der Waals surface area contributed by atoms with Gasteiger partial charge in [0.2, 0.25) is 6.79 Å². The third-order valence-corrected chi connectivity index (χ3v) is 7.41. The van der Waals surface area contributed by atoms with E-state index in [0.29, 0.717) is 38.3 Å². The molecule has 0 aliphatic carbocycles. The van der Waals surface area contributed by atoms with Gasteiger partial charge in [-0.05, 0) is 64.7 Å². The number of amides is 3. The molecule has 39 heavy (non-hydrogen) atoms. The maximum absolute atomic E-state index is 13.0. The van der Waals surface area contributed by atoms with Crippen LogP contribution in [0.25, 0.3) is 6.08 Å². The molecule has 3 aromatic rings. The van der Waals surface area contributed by atoms with E-state index in [2.05, 4.69) is 19.2 Å².